The van der Waals surface area contributed by atoms with Crippen molar-refractivity contribution in [3.8, 4) is 5.75 Å². The van der Waals surface area contributed by atoms with Crippen LogP contribution in [-0.4, -0.2) is 12.0 Å². The Morgan fingerprint density at radius 2 is 2.00 bits per heavy atom. The van der Waals surface area contributed by atoms with Crippen molar-refractivity contribution in [1.82, 2.24) is 0 Å². The topological polar surface area (TPSA) is 52.4 Å². The second-order valence-corrected chi connectivity index (χ2v) is 6.40. The summed E-state index contributed by atoms with van der Waals surface area (Å²) in [5.74, 6) is 0.750. The van der Waals surface area contributed by atoms with E-state index in [1.807, 2.05) is 24.3 Å². The molecule has 4 nitrogen and oxygen atoms in total. The molecule has 0 N–H and O–H groups in total. The zero-order valence-electron chi connectivity index (χ0n) is 11.3. The van der Waals surface area contributed by atoms with Gasteiger partial charge in [-0.3, -0.25) is 10.1 Å². The first kappa shape index (κ1) is 16.0. The summed E-state index contributed by atoms with van der Waals surface area (Å²) >= 11 is 7.11. The zero-order chi connectivity index (χ0) is 15.4. The van der Waals surface area contributed by atoms with Crippen LogP contribution < -0.4 is 4.74 Å². The third-order valence-electron chi connectivity index (χ3n) is 3.13. The van der Waals surface area contributed by atoms with Crippen LogP contribution in [0.2, 0.25) is 0 Å². The predicted octanol–water partition coefficient (Wildman–Crippen LogP) is 5.04. The molecule has 0 saturated heterocycles. The number of nitrogens with zero attached hydrogens (tertiary/aromatic N) is 1. The molecule has 2 rings (SSSR count). The Labute approximate surface area is 139 Å². The van der Waals surface area contributed by atoms with Crippen molar-refractivity contribution >= 4 is 37.5 Å². The van der Waals surface area contributed by atoms with Crippen molar-refractivity contribution in [2.75, 3.05) is 7.11 Å². The van der Waals surface area contributed by atoms with Gasteiger partial charge in [0.1, 0.15) is 5.75 Å². The molecule has 0 aliphatic rings. The van der Waals surface area contributed by atoms with E-state index in [2.05, 4.69) is 31.9 Å². The molecule has 1 atom stereocenters. The van der Waals surface area contributed by atoms with Gasteiger partial charge in [0.25, 0.3) is 5.69 Å². The number of alkyl halides is 1. The molecular formula is C15H13Br2NO3. The molecule has 0 amide bonds. The minimum absolute atomic E-state index is 0.0527. The third-order valence-corrected chi connectivity index (χ3v) is 4.67. The van der Waals surface area contributed by atoms with Crippen molar-refractivity contribution in [2.24, 2.45) is 0 Å². The fourth-order valence-corrected chi connectivity index (χ4v) is 3.61. The van der Waals surface area contributed by atoms with Gasteiger partial charge >= 0.3 is 0 Å². The first-order chi connectivity index (χ1) is 10.0. The predicted molar refractivity (Wildman–Crippen MR) is 89.2 cm³/mol. The van der Waals surface area contributed by atoms with Gasteiger partial charge in [-0.1, -0.05) is 50.1 Å². The molecule has 2 aromatic carbocycles. The van der Waals surface area contributed by atoms with E-state index < -0.39 is 0 Å². The second-order valence-electron chi connectivity index (χ2n) is 4.44. The highest BCUT2D eigenvalue weighted by Gasteiger charge is 2.19. The van der Waals surface area contributed by atoms with Gasteiger partial charge in [0.2, 0.25) is 0 Å². The lowest BCUT2D eigenvalue weighted by atomic mass is 10.0. The molecule has 21 heavy (non-hydrogen) atoms. The molecule has 0 bridgehead atoms. The van der Waals surface area contributed by atoms with Crippen molar-refractivity contribution in [3.63, 3.8) is 0 Å². The maximum absolute atomic E-state index is 11.1. The van der Waals surface area contributed by atoms with E-state index in [1.54, 1.807) is 19.2 Å². The van der Waals surface area contributed by atoms with Crippen LogP contribution in [0.15, 0.2) is 46.9 Å². The van der Waals surface area contributed by atoms with Crippen molar-refractivity contribution in [1.29, 1.82) is 0 Å². The van der Waals surface area contributed by atoms with Gasteiger partial charge in [-0.25, -0.2) is 0 Å². The normalized spacial score (nSPS) is 12.0. The fraction of sp³-hybridized carbons (Fsp3) is 0.200. The van der Waals surface area contributed by atoms with Gasteiger partial charge in [0.05, 0.1) is 12.0 Å². The van der Waals surface area contributed by atoms with E-state index in [-0.39, 0.29) is 15.4 Å². The number of methoxy groups -OCH3 is 1. The highest BCUT2D eigenvalue weighted by atomic mass is 79.9. The first-order valence-electron chi connectivity index (χ1n) is 6.22. The average Bonchev–Trinajstić information content (AvgIpc) is 2.48. The number of rotatable bonds is 5. The summed E-state index contributed by atoms with van der Waals surface area (Å²) in [5.41, 5.74) is 1.83. The Morgan fingerprint density at radius 1 is 1.29 bits per heavy atom. The summed E-state index contributed by atoms with van der Waals surface area (Å²) in [7, 11) is 1.61. The number of benzene rings is 2. The molecule has 110 valence electrons. The second kappa shape index (κ2) is 7.04. The van der Waals surface area contributed by atoms with E-state index in [0.29, 0.717) is 12.0 Å². The average molecular weight is 415 g/mol. The van der Waals surface area contributed by atoms with E-state index >= 15 is 0 Å². The molecule has 1 unspecified atom stereocenters. The smallest absolute Gasteiger partial charge is 0.272 e. The maximum Gasteiger partial charge on any atom is 0.272 e. The number of hydrogen-bond donors (Lipinski definition) is 0. The molecular weight excluding hydrogens is 402 g/mol. The maximum atomic E-state index is 11.1. The highest BCUT2D eigenvalue weighted by molar-refractivity contribution is 9.11. The van der Waals surface area contributed by atoms with Crippen LogP contribution in [0.1, 0.15) is 16.0 Å². The zero-order valence-corrected chi connectivity index (χ0v) is 14.4. The Bertz CT molecular complexity index is 661. The number of halogens is 2. The molecule has 0 radical (unpaired) electrons. The molecule has 0 saturated carbocycles. The Morgan fingerprint density at radius 3 is 2.67 bits per heavy atom. The minimum Gasteiger partial charge on any atom is -0.497 e. The Hall–Kier alpha value is -1.40. The largest absolute Gasteiger partial charge is 0.497 e. The van der Waals surface area contributed by atoms with Crippen LogP contribution in [0, 0.1) is 10.1 Å². The van der Waals surface area contributed by atoms with Gasteiger partial charge in [-0.05, 0) is 30.2 Å². The lowest BCUT2D eigenvalue weighted by molar-refractivity contribution is -0.385. The van der Waals surface area contributed by atoms with E-state index in [9.17, 15) is 10.1 Å². The number of nitro benzene ring substituents is 1. The summed E-state index contributed by atoms with van der Waals surface area (Å²) < 4.78 is 6.16. The number of para-hydroxylation sites is 1. The standard InChI is InChI=1S/C15H13Br2NO3/c1-21-11-6-7-13(16)12(9-11)14(17)8-10-4-2-3-5-15(10)18(19)20/h2-7,9,14H,8H2,1H3. The number of nitro groups is 1. The summed E-state index contributed by atoms with van der Waals surface area (Å²) in [4.78, 5) is 10.7. The monoisotopic (exact) mass is 413 g/mol. The van der Waals surface area contributed by atoms with E-state index in [4.69, 9.17) is 4.74 Å². The van der Waals surface area contributed by atoms with Crippen LogP contribution in [0.5, 0.6) is 5.75 Å². The van der Waals surface area contributed by atoms with Crippen molar-refractivity contribution in [2.45, 2.75) is 11.2 Å². The van der Waals surface area contributed by atoms with Crippen LogP contribution >= 0.6 is 31.9 Å². The molecule has 2 aromatic rings. The molecule has 0 heterocycles. The number of ether oxygens (including phenoxy) is 1. The van der Waals surface area contributed by atoms with Gasteiger partial charge < -0.3 is 4.74 Å². The minimum atomic E-state index is -0.352. The SMILES string of the molecule is COc1ccc(Br)c(C(Br)Cc2ccccc2[N+](=O)[O-])c1. The van der Waals surface area contributed by atoms with Crippen LogP contribution in [0.25, 0.3) is 0 Å². The summed E-state index contributed by atoms with van der Waals surface area (Å²) in [6, 6.07) is 12.5. The quantitative estimate of drug-likeness (QED) is 0.391. The Balaban J connectivity index is 2.30. The number of hydrogen-bond acceptors (Lipinski definition) is 3. The lowest BCUT2D eigenvalue weighted by Gasteiger charge is -2.14. The molecule has 0 aromatic heterocycles. The van der Waals surface area contributed by atoms with Crippen LogP contribution in [0.4, 0.5) is 5.69 Å². The van der Waals surface area contributed by atoms with Gasteiger partial charge in [-0.2, -0.15) is 0 Å². The Kier molecular flexibility index (Phi) is 5.36. The van der Waals surface area contributed by atoms with Crippen LogP contribution in [0.3, 0.4) is 0 Å². The molecule has 6 heteroatoms. The summed E-state index contributed by atoms with van der Waals surface area (Å²) in [6.07, 6.45) is 0.517. The summed E-state index contributed by atoms with van der Waals surface area (Å²) in [5, 5.41) is 11.1. The molecule has 0 fully saturated rings. The lowest BCUT2D eigenvalue weighted by Crippen LogP contribution is -2.01. The van der Waals surface area contributed by atoms with Crippen molar-refractivity contribution in [3.05, 3.63) is 68.2 Å². The third kappa shape index (κ3) is 3.83. The van der Waals surface area contributed by atoms with Gasteiger partial charge in [0.15, 0.2) is 0 Å². The van der Waals surface area contributed by atoms with Crippen molar-refractivity contribution < 1.29 is 9.66 Å². The first-order valence-corrected chi connectivity index (χ1v) is 7.93. The fourth-order valence-electron chi connectivity index (χ4n) is 2.05. The van der Waals surface area contributed by atoms with Gasteiger partial charge in [-0.15, -0.1) is 0 Å². The molecule has 0 aliphatic heterocycles. The molecule has 0 aliphatic carbocycles. The van der Waals surface area contributed by atoms with E-state index in [1.165, 1.54) is 6.07 Å². The highest BCUT2D eigenvalue weighted by Crippen LogP contribution is 2.36. The van der Waals surface area contributed by atoms with Gasteiger partial charge in [0, 0.05) is 20.9 Å². The van der Waals surface area contributed by atoms with Crippen LogP contribution in [-0.2, 0) is 6.42 Å². The summed E-state index contributed by atoms with van der Waals surface area (Å²) in [6.45, 7) is 0. The van der Waals surface area contributed by atoms with E-state index in [0.717, 1.165) is 15.8 Å². The molecule has 0 spiro atoms.